The van der Waals surface area contributed by atoms with Crippen molar-refractivity contribution in [2.75, 3.05) is 31.7 Å². The fraction of sp³-hybridized carbons (Fsp3) is 0.400. The smallest absolute Gasteiger partial charge is 0.410 e. The molecule has 0 radical (unpaired) electrons. The molecule has 8 aromatic rings. The number of amides is 1. The Labute approximate surface area is 498 Å². The van der Waals surface area contributed by atoms with Crippen LogP contribution in [0.3, 0.4) is 0 Å². The van der Waals surface area contributed by atoms with Crippen LogP contribution in [0.2, 0.25) is 16.6 Å². The van der Waals surface area contributed by atoms with Crippen LogP contribution in [0.15, 0.2) is 134 Å². The number of methoxy groups -OCH3 is 1. The molecule has 1 saturated carbocycles. The number of hydrogen-bond donors (Lipinski definition) is 0. The van der Waals surface area contributed by atoms with Gasteiger partial charge in [-0.15, -0.1) is 5.54 Å². The molecule has 2 saturated heterocycles. The average Bonchev–Trinajstić information content (AvgIpc) is 1.93. The molecule has 442 valence electrons. The number of benzene rings is 6. The first-order chi connectivity index (χ1) is 40.5. The number of carbonyl (C=O) groups excluding carboxylic acids is 1. The van der Waals surface area contributed by atoms with E-state index in [4.69, 9.17) is 34.0 Å². The van der Waals surface area contributed by atoms with E-state index in [9.17, 15) is 4.79 Å². The summed E-state index contributed by atoms with van der Waals surface area (Å²) in [6.07, 6.45) is 1.37. The Kier molecular flexibility index (Phi) is 16.0. The highest BCUT2D eigenvalue weighted by Crippen LogP contribution is 2.61. The molecule has 2 aromatic heterocycles. The molecule has 4 atom stereocenters. The second-order valence-electron chi connectivity index (χ2n) is 25.4. The van der Waals surface area contributed by atoms with Gasteiger partial charge in [-0.3, -0.25) is 4.68 Å². The summed E-state index contributed by atoms with van der Waals surface area (Å²) in [6.45, 7) is 23.7. The first kappa shape index (κ1) is 59.1. The molecule has 1 aliphatic carbocycles. The van der Waals surface area contributed by atoms with Gasteiger partial charge in [0.25, 0.3) is 5.92 Å². The van der Waals surface area contributed by atoms with Crippen LogP contribution < -0.4 is 14.4 Å². The summed E-state index contributed by atoms with van der Waals surface area (Å²) in [5.41, 5.74) is 9.51. The first-order valence-corrected chi connectivity index (χ1v) is 32.1. The lowest BCUT2D eigenvalue weighted by atomic mass is 9.77. The lowest BCUT2D eigenvalue weighted by Gasteiger charge is -2.38. The molecule has 0 N–H and O–H groups in total. The van der Waals surface area contributed by atoms with Gasteiger partial charge in [-0.2, -0.15) is 15.1 Å². The van der Waals surface area contributed by atoms with Crippen molar-refractivity contribution in [3.05, 3.63) is 178 Å². The van der Waals surface area contributed by atoms with E-state index in [2.05, 4.69) is 94.3 Å². The number of ether oxygens (including phenoxy) is 4. The third-order valence-corrected chi connectivity index (χ3v) is 24.2. The van der Waals surface area contributed by atoms with E-state index in [1.165, 1.54) is 6.07 Å². The molecule has 2 bridgehead atoms. The largest absolute Gasteiger partial charge is 0.486 e. The van der Waals surface area contributed by atoms with Gasteiger partial charge in [0.15, 0.2) is 5.75 Å². The van der Waals surface area contributed by atoms with Gasteiger partial charge < -0.3 is 28.7 Å². The standard InChI is InChI=1S/C70H77F3N6O5Si/c1-43(2)85(44(3)4,45(5)6)33-32-48-28-30-49(31-29-48)42-82-64-62(61-47(8)59(71)36-60-57(61)40-79(76-60)70(50-22-16-13-17-23-50,51-24-18-14-19-25-51)52-26-20-15-21-27-52)55(58-37-69(58,72)73)35-56-63(64)74-66(83-41-46(7)81-12)75-65(56)77-38-54-34-53(77)39-78(54)67(80)84-68(9,10)11/h13-31,35-36,40,43-46,53-54,58H,34,37-39,41-42H2,1-12H3/t46-,53-,54-,58?/m0/s1. The van der Waals surface area contributed by atoms with Crippen molar-refractivity contribution in [1.29, 1.82) is 0 Å². The summed E-state index contributed by atoms with van der Waals surface area (Å²) in [7, 11) is -0.448. The van der Waals surface area contributed by atoms with Crippen molar-refractivity contribution in [2.45, 2.75) is 153 Å². The fourth-order valence-electron chi connectivity index (χ4n) is 13.6. The maximum atomic E-state index is 17.4. The highest BCUT2D eigenvalue weighted by atomic mass is 28.3. The molecule has 0 spiro atoms. The summed E-state index contributed by atoms with van der Waals surface area (Å²) in [6, 6.07) is 41.0. The zero-order valence-electron chi connectivity index (χ0n) is 50.8. The van der Waals surface area contributed by atoms with Crippen LogP contribution >= 0.6 is 0 Å². The van der Waals surface area contributed by atoms with E-state index in [1.54, 1.807) is 25.0 Å². The molecule has 2 aliphatic heterocycles. The molecule has 3 fully saturated rings. The van der Waals surface area contributed by atoms with E-state index in [0.29, 0.717) is 63.8 Å². The maximum absolute atomic E-state index is 17.4. The topological polar surface area (TPSA) is 104 Å². The molecular formula is C70H77F3N6O5Si. The van der Waals surface area contributed by atoms with E-state index >= 15 is 13.2 Å². The van der Waals surface area contributed by atoms with Crippen LogP contribution in [0.1, 0.15) is 127 Å². The van der Waals surface area contributed by atoms with Crippen molar-refractivity contribution >= 4 is 41.8 Å². The van der Waals surface area contributed by atoms with Gasteiger partial charge in [0, 0.05) is 66.3 Å². The number of anilines is 1. The van der Waals surface area contributed by atoms with E-state index in [1.807, 2.05) is 117 Å². The number of nitrogens with zero attached hydrogens (tertiary/aromatic N) is 6. The van der Waals surface area contributed by atoms with Gasteiger partial charge in [-0.1, -0.05) is 151 Å². The number of likely N-dealkylation sites (tertiary alicyclic amines) is 1. The summed E-state index contributed by atoms with van der Waals surface area (Å²) in [5.74, 6) is -0.777. The zero-order valence-corrected chi connectivity index (χ0v) is 51.8. The SMILES string of the molecule is CO[C@@H](C)COc1nc(N2C[C@@H]3C[C@H]2CN3C(=O)OC(C)(C)C)c2cc(C3CC3(F)F)c(-c3c(C)c(F)cc4nn(C(c5ccccc5)(c5ccccc5)c5ccccc5)cc34)c(OCc3ccc(C#C[Si](C(C)C)(C(C)C)C(C)C)cc3)c2n1. The maximum Gasteiger partial charge on any atom is 0.410 e. The number of piperazine rings is 1. The van der Waals surface area contributed by atoms with E-state index in [0.717, 1.165) is 27.8 Å². The Morgan fingerprint density at radius 1 is 0.765 bits per heavy atom. The predicted molar refractivity (Wildman–Crippen MR) is 333 cm³/mol. The van der Waals surface area contributed by atoms with Crippen LogP contribution in [-0.2, 0) is 21.6 Å². The molecule has 1 amide bonds. The van der Waals surface area contributed by atoms with Crippen molar-refractivity contribution in [1.82, 2.24) is 24.6 Å². The molecule has 15 heteroatoms. The average molecular weight is 1170 g/mol. The van der Waals surface area contributed by atoms with E-state index in [-0.39, 0.29) is 65.4 Å². The highest BCUT2D eigenvalue weighted by molar-refractivity contribution is 6.90. The van der Waals surface area contributed by atoms with Crippen LogP contribution in [0.5, 0.6) is 11.8 Å². The third-order valence-electron chi connectivity index (χ3n) is 17.9. The second-order valence-corrected chi connectivity index (χ2v) is 31.0. The minimum absolute atomic E-state index is 0.0116. The zero-order chi connectivity index (χ0) is 60.3. The minimum atomic E-state index is -3.10. The summed E-state index contributed by atoms with van der Waals surface area (Å²) in [5, 5.41) is 6.32. The highest BCUT2D eigenvalue weighted by Gasteiger charge is 2.59. The van der Waals surface area contributed by atoms with Crippen LogP contribution in [0.25, 0.3) is 32.9 Å². The van der Waals surface area contributed by atoms with Crippen molar-refractivity contribution in [3.63, 3.8) is 0 Å². The Morgan fingerprint density at radius 2 is 1.35 bits per heavy atom. The second kappa shape index (κ2) is 23.0. The summed E-state index contributed by atoms with van der Waals surface area (Å²) < 4.78 is 77.4. The minimum Gasteiger partial charge on any atom is -0.486 e. The Bertz CT molecular complexity index is 3700. The fourth-order valence-corrected chi connectivity index (χ4v) is 18.8. The molecule has 1 unspecified atom stereocenters. The summed E-state index contributed by atoms with van der Waals surface area (Å²) >= 11 is 0. The van der Waals surface area contributed by atoms with Crippen molar-refractivity contribution in [3.8, 4) is 34.4 Å². The lowest BCUT2D eigenvalue weighted by Crippen LogP contribution is -2.50. The number of aromatic nitrogens is 4. The number of fused-ring (bicyclic) bond motifs is 4. The van der Waals surface area contributed by atoms with Gasteiger partial charge in [-0.25, -0.2) is 18.0 Å². The molecular weight excluding hydrogens is 1090 g/mol. The lowest BCUT2D eigenvalue weighted by molar-refractivity contribution is 0.0214. The quantitative estimate of drug-likeness (QED) is 0.0501. The number of rotatable bonds is 17. The molecule has 85 heavy (non-hydrogen) atoms. The first-order valence-electron chi connectivity index (χ1n) is 29.8. The number of halogens is 3. The van der Waals surface area contributed by atoms with Gasteiger partial charge in [0.2, 0.25) is 0 Å². The molecule has 3 aliphatic rings. The molecule has 11 nitrogen and oxygen atoms in total. The number of hydrogen-bond acceptors (Lipinski definition) is 9. The van der Waals surface area contributed by atoms with Gasteiger partial charge in [-0.05, 0) is 109 Å². The summed E-state index contributed by atoms with van der Waals surface area (Å²) in [4.78, 5) is 27.8. The van der Waals surface area contributed by atoms with Crippen LogP contribution in [-0.4, -0.2) is 95.3 Å². The van der Waals surface area contributed by atoms with Crippen LogP contribution in [0.4, 0.5) is 23.8 Å². The molecule has 11 rings (SSSR count). The number of alkyl halides is 2. The normalized spacial score (nSPS) is 17.9. The molecule has 6 aromatic carbocycles. The Morgan fingerprint density at radius 3 is 1.87 bits per heavy atom. The number of carbonyl (C=O) groups is 1. The predicted octanol–water partition coefficient (Wildman–Crippen LogP) is 15.8. The Hall–Kier alpha value is -7.67. The van der Waals surface area contributed by atoms with Crippen molar-refractivity contribution < 1.29 is 36.9 Å². The molecule has 4 heterocycles. The van der Waals surface area contributed by atoms with Gasteiger partial charge in [0.1, 0.15) is 49.6 Å². The third kappa shape index (κ3) is 10.9. The monoisotopic (exact) mass is 1170 g/mol. The Balaban J connectivity index is 1.16. The van der Waals surface area contributed by atoms with Gasteiger partial charge in [0.05, 0.1) is 29.6 Å². The van der Waals surface area contributed by atoms with Gasteiger partial charge >= 0.3 is 12.1 Å². The van der Waals surface area contributed by atoms with Crippen LogP contribution in [0, 0.1) is 24.2 Å². The van der Waals surface area contributed by atoms with Crippen molar-refractivity contribution in [2.24, 2.45) is 0 Å². The van der Waals surface area contributed by atoms with E-state index < -0.39 is 49.4 Å².